The predicted molar refractivity (Wildman–Crippen MR) is 85.5 cm³/mol. The zero-order valence-electron chi connectivity index (χ0n) is 13.5. The fourth-order valence-electron chi connectivity index (χ4n) is 3.05. The molecule has 0 radical (unpaired) electrons. The predicted octanol–water partition coefficient (Wildman–Crippen LogP) is 1.70. The van der Waals surface area contributed by atoms with Crippen molar-refractivity contribution in [2.75, 3.05) is 26.3 Å². The Morgan fingerprint density at radius 3 is 2.88 bits per heavy atom. The van der Waals surface area contributed by atoms with Gasteiger partial charge >= 0.3 is 6.03 Å². The molecule has 1 aromatic carbocycles. The van der Waals surface area contributed by atoms with Gasteiger partial charge in [0, 0.05) is 25.3 Å². The van der Waals surface area contributed by atoms with Gasteiger partial charge in [-0.1, -0.05) is 18.2 Å². The quantitative estimate of drug-likeness (QED) is 0.779. The fraction of sp³-hybridized carbons (Fsp3) is 0.412. The minimum Gasteiger partial charge on any atom is -0.382 e. The molecule has 3 rings (SSSR count). The van der Waals surface area contributed by atoms with Crippen molar-refractivity contribution in [1.82, 2.24) is 15.5 Å². The second-order valence-corrected chi connectivity index (χ2v) is 5.72. The van der Waals surface area contributed by atoms with Crippen LogP contribution in [0.3, 0.4) is 0 Å². The molecule has 3 amide bonds. The molecular formula is C17H20FN3O3. The van der Waals surface area contributed by atoms with Gasteiger partial charge in [-0.25, -0.2) is 9.18 Å². The number of carbonyl (C=O) groups excluding carboxylic acids is 2. The zero-order valence-corrected chi connectivity index (χ0v) is 13.5. The molecule has 0 aromatic heterocycles. The topological polar surface area (TPSA) is 70.7 Å². The van der Waals surface area contributed by atoms with Gasteiger partial charge in [-0.05, 0) is 19.4 Å². The Morgan fingerprint density at radius 1 is 1.33 bits per heavy atom. The maximum absolute atomic E-state index is 14.1. The summed E-state index contributed by atoms with van der Waals surface area (Å²) in [6.07, 6.45) is 0.714. The van der Waals surface area contributed by atoms with Crippen molar-refractivity contribution >= 4 is 11.9 Å². The summed E-state index contributed by atoms with van der Waals surface area (Å²) < 4.78 is 19.4. The Labute approximate surface area is 139 Å². The van der Waals surface area contributed by atoms with E-state index < -0.39 is 17.9 Å². The van der Waals surface area contributed by atoms with Gasteiger partial charge in [0.15, 0.2) is 0 Å². The van der Waals surface area contributed by atoms with Crippen LogP contribution in [0.2, 0.25) is 0 Å². The molecule has 0 aliphatic carbocycles. The maximum Gasteiger partial charge on any atom is 0.319 e. The highest BCUT2D eigenvalue weighted by Crippen LogP contribution is 2.33. The number of hydrogen-bond acceptors (Lipinski definition) is 3. The van der Waals surface area contributed by atoms with Crippen molar-refractivity contribution in [2.45, 2.75) is 19.4 Å². The summed E-state index contributed by atoms with van der Waals surface area (Å²) in [5.74, 6) is -0.624. The molecule has 0 fully saturated rings. The van der Waals surface area contributed by atoms with E-state index in [0.29, 0.717) is 49.6 Å². The first-order valence-corrected chi connectivity index (χ1v) is 8.03. The molecule has 0 unspecified atom stereocenters. The van der Waals surface area contributed by atoms with E-state index in [1.54, 1.807) is 23.1 Å². The molecule has 0 saturated carbocycles. The lowest BCUT2D eigenvalue weighted by molar-refractivity contribution is -0.126. The molecule has 0 saturated heterocycles. The zero-order chi connectivity index (χ0) is 17.1. The molecule has 1 aromatic rings. The molecule has 2 aliphatic rings. The average Bonchev–Trinajstić information content (AvgIpc) is 2.87. The summed E-state index contributed by atoms with van der Waals surface area (Å²) in [5.41, 5.74) is 1.26. The van der Waals surface area contributed by atoms with Gasteiger partial charge < -0.3 is 20.3 Å². The third kappa shape index (κ3) is 3.12. The van der Waals surface area contributed by atoms with E-state index in [1.165, 1.54) is 6.07 Å². The van der Waals surface area contributed by atoms with Crippen LogP contribution in [-0.4, -0.2) is 43.1 Å². The monoisotopic (exact) mass is 333 g/mol. The van der Waals surface area contributed by atoms with Crippen LogP contribution in [0.4, 0.5) is 9.18 Å². The second-order valence-electron chi connectivity index (χ2n) is 5.72. The van der Waals surface area contributed by atoms with Gasteiger partial charge in [0.25, 0.3) is 5.91 Å². The highest BCUT2D eigenvalue weighted by atomic mass is 19.1. The molecule has 6 nitrogen and oxygen atoms in total. The van der Waals surface area contributed by atoms with Gasteiger partial charge in [-0.2, -0.15) is 0 Å². The van der Waals surface area contributed by atoms with Crippen LogP contribution < -0.4 is 10.6 Å². The number of halogens is 1. The summed E-state index contributed by atoms with van der Waals surface area (Å²) in [4.78, 5) is 26.3. The number of nitrogens with zero attached hydrogens (tertiary/aromatic N) is 1. The first-order valence-electron chi connectivity index (χ1n) is 8.03. The first-order chi connectivity index (χ1) is 11.6. The molecule has 2 heterocycles. The largest absolute Gasteiger partial charge is 0.382 e. The van der Waals surface area contributed by atoms with Gasteiger partial charge in [0.05, 0.1) is 23.9 Å². The van der Waals surface area contributed by atoms with Crippen LogP contribution >= 0.6 is 0 Å². The SMILES string of the molecule is CCOCCCN1CC2=C(C1=O)[C@@H](c1ccccc1F)NC(=O)N2. The third-order valence-electron chi connectivity index (χ3n) is 4.16. The minimum atomic E-state index is -0.764. The second kappa shape index (κ2) is 7.00. The van der Waals surface area contributed by atoms with E-state index in [-0.39, 0.29) is 5.91 Å². The molecule has 1 atom stereocenters. The van der Waals surface area contributed by atoms with E-state index in [1.807, 2.05) is 6.92 Å². The fourth-order valence-corrected chi connectivity index (χ4v) is 3.05. The van der Waals surface area contributed by atoms with Gasteiger partial charge in [0.1, 0.15) is 5.82 Å². The van der Waals surface area contributed by atoms with Gasteiger partial charge in [-0.15, -0.1) is 0 Å². The Bertz CT molecular complexity index is 689. The Hall–Kier alpha value is -2.41. The van der Waals surface area contributed by atoms with Crippen molar-refractivity contribution in [2.24, 2.45) is 0 Å². The van der Waals surface area contributed by atoms with Crippen LogP contribution in [-0.2, 0) is 9.53 Å². The van der Waals surface area contributed by atoms with Crippen molar-refractivity contribution in [3.63, 3.8) is 0 Å². The van der Waals surface area contributed by atoms with Crippen LogP contribution in [0.25, 0.3) is 0 Å². The van der Waals surface area contributed by atoms with Crippen LogP contribution in [0.5, 0.6) is 0 Å². The van der Waals surface area contributed by atoms with Crippen molar-refractivity contribution in [1.29, 1.82) is 0 Å². The van der Waals surface area contributed by atoms with E-state index in [0.717, 1.165) is 0 Å². The number of ether oxygens (including phenoxy) is 1. The molecule has 2 N–H and O–H groups in total. The molecule has 7 heteroatoms. The maximum atomic E-state index is 14.1. The Morgan fingerprint density at radius 2 is 2.12 bits per heavy atom. The highest BCUT2D eigenvalue weighted by molar-refractivity contribution is 6.01. The van der Waals surface area contributed by atoms with E-state index >= 15 is 0 Å². The number of carbonyl (C=O) groups is 2. The van der Waals surface area contributed by atoms with Crippen molar-refractivity contribution in [3.05, 3.63) is 46.9 Å². The number of amides is 3. The standard InChI is InChI=1S/C17H20FN3O3/c1-2-24-9-5-8-21-10-13-14(16(21)22)15(20-17(23)19-13)11-6-3-4-7-12(11)18/h3-4,6-7,15H,2,5,8-10H2,1H3,(H2,19,20,23)/t15-/m1/s1. The van der Waals surface area contributed by atoms with Crippen LogP contribution in [0.1, 0.15) is 24.9 Å². The molecule has 2 aliphatic heterocycles. The highest BCUT2D eigenvalue weighted by Gasteiger charge is 2.40. The summed E-state index contributed by atoms with van der Waals surface area (Å²) in [6.45, 7) is 4.00. The lowest BCUT2D eigenvalue weighted by Gasteiger charge is -2.25. The number of benzene rings is 1. The smallest absolute Gasteiger partial charge is 0.319 e. The summed E-state index contributed by atoms with van der Waals surface area (Å²) >= 11 is 0. The third-order valence-corrected chi connectivity index (χ3v) is 4.16. The lowest BCUT2D eigenvalue weighted by Crippen LogP contribution is -2.44. The molecule has 128 valence electrons. The molecule has 0 spiro atoms. The normalized spacial score (nSPS) is 20.1. The molecular weight excluding hydrogens is 313 g/mol. The van der Waals surface area contributed by atoms with Crippen LogP contribution in [0, 0.1) is 5.82 Å². The van der Waals surface area contributed by atoms with Crippen molar-refractivity contribution < 1.29 is 18.7 Å². The summed E-state index contributed by atoms with van der Waals surface area (Å²) in [7, 11) is 0. The number of urea groups is 1. The number of hydrogen-bond donors (Lipinski definition) is 2. The van der Waals surface area contributed by atoms with E-state index in [9.17, 15) is 14.0 Å². The Balaban J connectivity index is 1.80. The molecule has 24 heavy (non-hydrogen) atoms. The van der Waals surface area contributed by atoms with Gasteiger partial charge in [-0.3, -0.25) is 4.79 Å². The first kappa shape index (κ1) is 16.4. The number of rotatable bonds is 6. The lowest BCUT2D eigenvalue weighted by atomic mass is 9.96. The minimum absolute atomic E-state index is 0.178. The summed E-state index contributed by atoms with van der Waals surface area (Å²) in [6, 6.07) is 4.98. The van der Waals surface area contributed by atoms with Crippen molar-refractivity contribution in [3.8, 4) is 0 Å². The summed E-state index contributed by atoms with van der Waals surface area (Å²) in [5, 5.41) is 5.33. The average molecular weight is 333 g/mol. The van der Waals surface area contributed by atoms with E-state index in [4.69, 9.17) is 4.74 Å². The number of nitrogens with one attached hydrogen (secondary N) is 2. The Kier molecular flexibility index (Phi) is 4.80. The van der Waals surface area contributed by atoms with Crippen LogP contribution in [0.15, 0.2) is 35.5 Å². The van der Waals surface area contributed by atoms with Gasteiger partial charge in [0.2, 0.25) is 0 Å². The molecule has 0 bridgehead atoms. The van der Waals surface area contributed by atoms with E-state index in [2.05, 4.69) is 10.6 Å².